The Kier molecular flexibility index (Phi) is 8.49. The Balaban J connectivity index is 2.09. The van der Waals surface area contributed by atoms with E-state index in [9.17, 15) is 0 Å². The summed E-state index contributed by atoms with van der Waals surface area (Å²) < 4.78 is 0. The zero-order valence-corrected chi connectivity index (χ0v) is 12.7. The minimum Gasteiger partial charge on any atom is -0.313 e. The summed E-state index contributed by atoms with van der Waals surface area (Å²) in [5.41, 5.74) is 1.08. The highest BCUT2D eigenvalue weighted by atomic mass is 35.5. The fraction of sp³-hybridized carbons (Fsp3) is 0.600. The molecule has 18 heavy (non-hydrogen) atoms. The van der Waals surface area contributed by atoms with E-state index in [-0.39, 0.29) is 0 Å². The van der Waals surface area contributed by atoms with Gasteiger partial charge in [-0.25, -0.2) is 0 Å². The predicted molar refractivity (Wildman–Crippen MR) is 81.5 cm³/mol. The molecular formula is C15H23Cl2N. The Bertz CT molecular complexity index is 339. The highest BCUT2D eigenvalue weighted by Gasteiger charge is 2.00. The summed E-state index contributed by atoms with van der Waals surface area (Å²) in [4.78, 5) is 0. The van der Waals surface area contributed by atoms with Crippen LogP contribution in [0.1, 0.15) is 51.0 Å². The van der Waals surface area contributed by atoms with E-state index < -0.39 is 0 Å². The normalized spacial score (nSPS) is 10.8. The molecule has 0 spiro atoms. The van der Waals surface area contributed by atoms with Crippen LogP contribution in [0.4, 0.5) is 0 Å². The quantitative estimate of drug-likeness (QED) is 0.596. The van der Waals surface area contributed by atoms with E-state index in [1.807, 2.05) is 18.2 Å². The molecule has 0 atom stereocenters. The lowest BCUT2D eigenvalue weighted by molar-refractivity contribution is 0.572. The molecule has 0 aliphatic rings. The van der Waals surface area contributed by atoms with Gasteiger partial charge in [-0.05, 0) is 36.7 Å². The Labute approximate surface area is 121 Å². The van der Waals surface area contributed by atoms with Crippen molar-refractivity contribution >= 4 is 23.2 Å². The van der Waals surface area contributed by atoms with Crippen molar-refractivity contribution in [3.05, 3.63) is 33.8 Å². The third kappa shape index (κ3) is 6.63. The molecule has 102 valence electrons. The lowest BCUT2D eigenvalue weighted by Gasteiger charge is -2.07. The lowest BCUT2D eigenvalue weighted by Crippen LogP contribution is -2.14. The van der Waals surface area contributed by atoms with Crippen molar-refractivity contribution in [1.82, 2.24) is 5.32 Å². The monoisotopic (exact) mass is 287 g/mol. The van der Waals surface area contributed by atoms with Crippen LogP contribution in [-0.2, 0) is 6.54 Å². The predicted octanol–water partition coefficient (Wildman–Crippen LogP) is 5.44. The van der Waals surface area contributed by atoms with Crippen molar-refractivity contribution in [3.8, 4) is 0 Å². The zero-order chi connectivity index (χ0) is 13.2. The number of unbranched alkanes of at least 4 members (excludes halogenated alkanes) is 5. The van der Waals surface area contributed by atoms with Crippen LogP contribution in [0.5, 0.6) is 0 Å². The van der Waals surface area contributed by atoms with Gasteiger partial charge in [0.15, 0.2) is 0 Å². The number of rotatable bonds is 9. The number of nitrogens with one attached hydrogen (secondary N) is 1. The third-order valence-electron chi connectivity index (χ3n) is 3.03. The maximum Gasteiger partial charge on any atom is 0.0451 e. The first-order valence-corrected chi connectivity index (χ1v) is 7.64. The van der Waals surface area contributed by atoms with Gasteiger partial charge in [-0.3, -0.25) is 0 Å². The van der Waals surface area contributed by atoms with Gasteiger partial charge in [0.05, 0.1) is 0 Å². The molecule has 1 aromatic rings. The number of hydrogen-bond acceptors (Lipinski definition) is 1. The van der Waals surface area contributed by atoms with E-state index in [2.05, 4.69) is 12.2 Å². The third-order valence-corrected chi connectivity index (χ3v) is 3.63. The zero-order valence-electron chi connectivity index (χ0n) is 11.1. The molecule has 0 saturated heterocycles. The summed E-state index contributed by atoms with van der Waals surface area (Å²) in [6, 6.07) is 5.60. The van der Waals surface area contributed by atoms with Crippen LogP contribution in [0.15, 0.2) is 18.2 Å². The molecule has 1 N–H and O–H groups in total. The lowest BCUT2D eigenvalue weighted by atomic mass is 10.1. The standard InChI is InChI=1S/C15H23Cl2N/c1-2-3-4-5-6-7-10-18-12-13-11-14(16)8-9-15(13)17/h8-9,11,18H,2-7,10,12H2,1H3. The van der Waals surface area contributed by atoms with Gasteiger partial charge in [-0.2, -0.15) is 0 Å². The second-order valence-electron chi connectivity index (χ2n) is 4.68. The fourth-order valence-corrected chi connectivity index (χ4v) is 2.31. The van der Waals surface area contributed by atoms with E-state index >= 15 is 0 Å². The molecule has 0 aliphatic carbocycles. The minimum atomic E-state index is 0.746. The molecular weight excluding hydrogens is 265 g/mol. The van der Waals surface area contributed by atoms with E-state index in [0.717, 1.165) is 28.7 Å². The molecule has 0 fully saturated rings. The van der Waals surface area contributed by atoms with Crippen molar-refractivity contribution < 1.29 is 0 Å². The number of benzene rings is 1. The van der Waals surface area contributed by atoms with E-state index in [1.54, 1.807) is 0 Å². The summed E-state index contributed by atoms with van der Waals surface area (Å²) in [6.45, 7) is 4.10. The SMILES string of the molecule is CCCCCCCCNCc1cc(Cl)ccc1Cl. The van der Waals surface area contributed by atoms with Crippen LogP contribution in [0.3, 0.4) is 0 Å². The smallest absolute Gasteiger partial charge is 0.0451 e. The van der Waals surface area contributed by atoms with E-state index in [0.29, 0.717) is 0 Å². The summed E-state index contributed by atoms with van der Waals surface area (Å²) in [6.07, 6.45) is 7.96. The van der Waals surface area contributed by atoms with Crippen molar-refractivity contribution in [1.29, 1.82) is 0 Å². The van der Waals surface area contributed by atoms with E-state index in [1.165, 1.54) is 38.5 Å². The highest BCUT2D eigenvalue weighted by Crippen LogP contribution is 2.20. The van der Waals surface area contributed by atoms with Crippen molar-refractivity contribution in [2.24, 2.45) is 0 Å². The van der Waals surface area contributed by atoms with Crippen LogP contribution in [0.25, 0.3) is 0 Å². The fourth-order valence-electron chi connectivity index (χ4n) is 1.93. The van der Waals surface area contributed by atoms with Crippen LogP contribution < -0.4 is 5.32 Å². The van der Waals surface area contributed by atoms with Gasteiger partial charge >= 0.3 is 0 Å². The first kappa shape index (κ1) is 15.8. The molecule has 0 saturated carbocycles. The molecule has 0 bridgehead atoms. The largest absolute Gasteiger partial charge is 0.313 e. The second-order valence-corrected chi connectivity index (χ2v) is 5.52. The second kappa shape index (κ2) is 9.66. The molecule has 0 heterocycles. The topological polar surface area (TPSA) is 12.0 Å². The number of halogens is 2. The van der Waals surface area contributed by atoms with E-state index in [4.69, 9.17) is 23.2 Å². The van der Waals surface area contributed by atoms with Gasteiger partial charge in [0.1, 0.15) is 0 Å². The Morgan fingerprint density at radius 1 is 1.00 bits per heavy atom. The molecule has 0 aromatic heterocycles. The maximum atomic E-state index is 6.09. The van der Waals surface area contributed by atoms with Gasteiger partial charge in [0.25, 0.3) is 0 Å². The minimum absolute atomic E-state index is 0.746. The molecule has 1 aromatic carbocycles. The number of hydrogen-bond donors (Lipinski definition) is 1. The maximum absolute atomic E-state index is 6.09. The summed E-state index contributed by atoms with van der Waals surface area (Å²) >= 11 is 12.0. The first-order valence-electron chi connectivity index (χ1n) is 6.88. The van der Waals surface area contributed by atoms with Gasteiger partial charge < -0.3 is 5.32 Å². The average Bonchev–Trinajstić information content (AvgIpc) is 2.36. The van der Waals surface area contributed by atoms with Crippen LogP contribution in [0.2, 0.25) is 10.0 Å². The molecule has 0 radical (unpaired) electrons. The van der Waals surface area contributed by atoms with Crippen LogP contribution in [0, 0.1) is 0 Å². The summed E-state index contributed by atoms with van der Waals surface area (Å²) in [5.74, 6) is 0. The molecule has 0 unspecified atom stereocenters. The molecule has 1 nitrogen and oxygen atoms in total. The Morgan fingerprint density at radius 2 is 1.72 bits per heavy atom. The van der Waals surface area contributed by atoms with Gasteiger partial charge in [0.2, 0.25) is 0 Å². The van der Waals surface area contributed by atoms with Gasteiger partial charge in [-0.1, -0.05) is 62.2 Å². The average molecular weight is 288 g/mol. The Hall–Kier alpha value is -0.240. The van der Waals surface area contributed by atoms with Crippen LogP contribution >= 0.6 is 23.2 Å². The molecule has 1 rings (SSSR count). The van der Waals surface area contributed by atoms with Crippen molar-refractivity contribution in [3.63, 3.8) is 0 Å². The van der Waals surface area contributed by atoms with Crippen LogP contribution in [-0.4, -0.2) is 6.54 Å². The first-order chi connectivity index (χ1) is 8.74. The molecule has 3 heteroatoms. The van der Waals surface area contributed by atoms with Crippen molar-refractivity contribution in [2.45, 2.75) is 52.0 Å². The summed E-state index contributed by atoms with van der Waals surface area (Å²) in [7, 11) is 0. The highest BCUT2D eigenvalue weighted by molar-refractivity contribution is 6.33. The van der Waals surface area contributed by atoms with Gasteiger partial charge in [0, 0.05) is 16.6 Å². The molecule has 0 aliphatic heterocycles. The molecule has 0 amide bonds. The summed E-state index contributed by atoms with van der Waals surface area (Å²) in [5, 5.41) is 4.95. The van der Waals surface area contributed by atoms with Crippen molar-refractivity contribution in [2.75, 3.05) is 6.54 Å². The Morgan fingerprint density at radius 3 is 2.50 bits per heavy atom. The van der Waals surface area contributed by atoms with Gasteiger partial charge in [-0.15, -0.1) is 0 Å².